The SMILES string of the molecule is CC1(C)SC2C(N=CN3CCC(C4=NCCN4)CC3)C(=O)N2[C@H]1C(=O)O.Cl. The Hall–Kier alpha value is -1.48. The van der Waals surface area contributed by atoms with Gasteiger partial charge in [-0.3, -0.25) is 14.8 Å². The zero-order chi connectivity index (χ0) is 18.5. The van der Waals surface area contributed by atoms with E-state index in [1.54, 1.807) is 6.34 Å². The molecule has 150 valence electrons. The number of piperidine rings is 1. The lowest BCUT2D eigenvalue weighted by Crippen LogP contribution is -2.65. The van der Waals surface area contributed by atoms with Crippen molar-refractivity contribution in [2.75, 3.05) is 26.2 Å². The van der Waals surface area contributed by atoms with Crippen LogP contribution in [0.5, 0.6) is 0 Å². The van der Waals surface area contributed by atoms with Crippen LogP contribution in [-0.4, -0.2) is 87.3 Å². The zero-order valence-electron chi connectivity index (χ0n) is 15.5. The van der Waals surface area contributed by atoms with E-state index >= 15 is 0 Å². The molecule has 0 bridgehead atoms. The lowest BCUT2D eigenvalue weighted by Gasteiger charge is -2.41. The number of carbonyl (C=O) groups is 2. The Morgan fingerprint density at radius 3 is 2.70 bits per heavy atom. The summed E-state index contributed by atoms with van der Waals surface area (Å²) in [6.07, 6.45) is 3.87. The summed E-state index contributed by atoms with van der Waals surface area (Å²) in [5.41, 5.74) is 0. The summed E-state index contributed by atoms with van der Waals surface area (Å²) in [5.74, 6) is 0.545. The van der Waals surface area contributed by atoms with E-state index in [2.05, 4.69) is 20.2 Å². The topological polar surface area (TPSA) is 97.6 Å². The highest BCUT2D eigenvalue weighted by Gasteiger charge is 2.63. The van der Waals surface area contributed by atoms with Crippen LogP contribution in [0.3, 0.4) is 0 Å². The molecule has 1 amide bonds. The summed E-state index contributed by atoms with van der Waals surface area (Å²) < 4.78 is -0.496. The van der Waals surface area contributed by atoms with Gasteiger partial charge in [0.2, 0.25) is 0 Å². The second kappa shape index (κ2) is 7.50. The predicted molar refractivity (Wildman–Crippen MR) is 108 cm³/mol. The maximum absolute atomic E-state index is 12.4. The van der Waals surface area contributed by atoms with Crippen molar-refractivity contribution in [2.24, 2.45) is 15.9 Å². The molecule has 0 aromatic carbocycles. The number of thioether (sulfide) groups is 1. The van der Waals surface area contributed by atoms with Crippen molar-refractivity contribution in [3.8, 4) is 0 Å². The summed E-state index contributed by atoms with van der Waals surface area (Å²) in [5, 5.41) is 12.7. The molecule has 2 unspecified atom stereocenters. The first-order valence-corrected chi connectivity index (χ1v) is 10.0. The summed E-state index contributed by atoms with van der Waals surface area (Å²) in [6.45, 7) is 7.40. The van der Waals surface area contributed by atoms with Crippen LogP contribution in [0.1, 0.15) is 26.7 Å². The Bertz CT molecular complexity index is 677. The van der Waals surface area contributed by atoms with E-state index in [9.17, 15) is 14.7 Å². The minimum absolute atomic E-state index is 0. The standard InChI is InChI=1S/C17H25N5O3S.ClH/c1-17(2)12(16(24)25)22-14(23)11(15(22)26-17)20-9-21-7-3-10(4-8-21)13-18-5-6-19-13;/h9-12,15H,3-8H2,1-2H3,(H,18,19)(H,24,25);1H/t11?,12-,15?;/m0./s1. The van der Waals surface area contributed by atoms with Crippen molar-refractivity contribution < 1.29 is 14.7 Å². The molecule has 27 heavy (non-hydrogen) atoms. The van der Waals surface area contributed by atoms with E-state index < -0.39 is 22.8 Å². The lowest BCUT2D eigenvalue weighted by molar-refractivity contribution is -0.158. The molecule has 0 saturated carbocycles. The smallest absolute Gasteiger partial charge is 0.327 e. The van der Waals surface area contributed by atoms with E-state index in [4.69, 9.17) is 0 Å². The van der Waals surface area contributed by atoms with E-state index in [1.165, 1.54) is 16.7 Å². The molecule has 3 saturated heterocycles. The number of aliphatic imine (C=N–C) groups is 2. The fraction of sp³-hybridized carbons (Fsp3) is 0.765. The Kier molecular flexibility index (Phi) is 5.63. The van der Waals surface area contributed by atoms with Crippen LogP contribution < -0.4 is 5.32 Å². The van der Waals surface area contributed by atoms with Crippen molar-refractivity contribution >= 4 is 48.2 Å². The van der Waals surface area contributed by atoms with Gasteiger partial charge in [0.05, 0.1) is 18.7 Å². The monoisotopic (exact) mass is 415 g/mol. The van der Waals surface area contributed by atoms with E-state index in [-0.39, 0.29) is 23.7 Å². The Labute approximate surface area is 169 Å². The van der Waals surface area contributed by atoms with Gasteiger partial charge in [-0.05, 0) is 26.7 Å². The predicted octanol–water partition coefficient (Wildman–Crippen LogP) is 0.666. The second-order valence-corrected chi connectivity index (χ2v) is 9.58. The summed E-state index contributed by atoms with van der Waals surface area (Å²) in [6, 6.07) is -1.23. The first kappa shape index (κ1) is 20.3. The molecule has 0 aliphatic carbocycles. The van der Waals surface area contributed by atoms with Gasteiger partial charge < -0.3 is 20.2 Å². The molecule has 10 heteroatoms. The quantitative estimate of drug-likeness (QED) is 0.398. The van der Waals surface area contributed by atoms with Crippen LogP contribution in [-0.2, 0) is 9.59 Å². The van der Waals surface area contributed by atoms with Gasteiger partial charge >= 0.3 is 5.97 Å². The van der Waals surface area contributed by atoms with Crippen molar-refractivity contribution in [3.05, 3.63) is 0 Å². The van der Waals surface area contributed by atoms with Gasteiger partial charge in [-0.15, -0.1) is 24.2 Å². The Balaban J connectivity index is 0.00000210. The third-order valence-corrected chi connectivity index (χ3v) is 7.21. The minimum atomic E-state index is -0.939. The summed E-state index contributed by atoms with van der Waals surface area (Å²) in [7, 11) is 0. The maximum atomic E-state index is 12.4. The van der Waals surface area contributed by atoms with Crippen LogP contribution in [0.4, 0.5) is 0 Å². The number of halogens is 1. The highest BCUT2D eigenvalue weighted by Crippen LogP contribution is 2.51. The van der Waals surface area contributed by atoms with Crippen LogP contribution in [0, 0.1) is 5.92 Å². The van der Waals surface area contributed by atoms with Crippen LogP contribution in [0.25, 0.3) is 0 Å². The van der Waals surface area contributed by atoms with Gasteiger partial charge in [0.25, 0.3) is 5.91 Å². The number of hydrogen-bond acceptors (Lipinski definition) is 6. The number of fused-ring (bicyclic) bond motifs is 1. The lowest BCUT2D eigenvalue weighted by atomic mass is 9.95. The molecule has 0 spiro atoms. The molecule has 4 aliphatic heterocycles. The molecule has 0 aromatic heterocycles. The second-order valence-electron chi connectivity index (χ2n) is 7.81. The first-order chi connectivity index (χ1) is 12.4. The molecule has 3 fully saturated rings. The number of β-lactam (4-membered cyclic amide) rings is 1. The van der Waals surface area contributed by atoms with Crippen molar-refractivity contribution in [1.29, 1.82) is 0 Å². The Morgan fingerprint density at radius 2 is 2.11 bits per heavy atom. The van der Waals surface area contributed by atoms with Crippen molar-refractivity contribution in [3.63, 3.8) is 0 Å². The van der Waals surface area contributed by atoms with Gasteiger partial charge in [-0.2, -0.15) is 0 Å². The van der Waals surface area contributed by atoms with Gasteiger partial charge in [0, 0.05) is 30.3 Å². The fourth-order valence-corrected chi connectivity index (χ4v) is 5.89. The largest absolute Gasteiger partial charge is 0.480 e. The van der Waals surface area contributed by atoms with Crippen molar-refractivity contribution in [1.82, 2.24) is 15.1 Å². The average molecular weight is 416 g/mol. The van der Waals surface area contributed by atoms with Crippen molar-refractivity contribution in [2.45, 2.75) is 48.9 Å². The number of nitrogens with zero attached hydrogens (tertiary/aromatic N) is 4. The number of rotatable bonds is 4. The number of amidine groups is 1. The van der Waals surface area contributed by atoms with Crippen LogP contribution in [0.15, 0.2) is 9.98 Å². The first-order valence-electron chi connectivity index (χ1n) is 9.17. The van der Waals surface area contributed by atoms with E-state index in [0.717, 1.165) is 44.9 Å². The molecule has 8 nitrogen and oxygen atoms in total. The van der Waals surface area contributed by atoms with E-state index in [1.807, 2.05) is 13.8 Å². The molecular formula is C17H26ClN5O3S. The molecule has 4 rings (SSSR count). The Morgan fingerprint density at radius 1 is 1.41 bits per heavy atom. The number of likely N-dealkylation sites (tertiary alicyclic amines) is 1. The molecule has 0 radical (unpaired) electrons. The number of carboxylic acids is 1. The fourth-order valence-electron chi connectivity index (χ4n) is 4.27. The van der Waals surface area contributed by atoms with Gasteiger partial charge in [0.15, 0.2) is 6.04 Å². The molecule has 4 aliphatic rings. The molecule has 0 aromatic rings. The third-order valence-electron chi connectivity index (χ3n) is 5.65. The summed E-state index contributed by atoms with van der Waals surface area (Å²) in [4.78, 5) is 36.6. The van der Waals surface area contributed by atoms with Gasteiger partial charge in [-0.25, -0.2) is 4.79 Å². The van der Waals surface area contributed by atoms with Crippen LogP contribution in [0.2, 0.25) is 0 Å². The van der Waals surface area contributed by atoms with E-state index in [0.29, 0.717) is 5.92 Å². The number of carbonyl (C=O) groups excluding carboxylic acids is 1. The average Bonchev–Trinajstić information content (AvgIpc) is 3.20. The number of carboxylic acid groups (broad SMARTS) is 1. The number of hydrogen-bond donors (Lipinski definition) is 2. The number of aliphatic carboxylic acids is 1. The van der Waals surface area contributed by atoms with Gasteiger partial charge in [-0.1, -0.05) is 0 Å². The highest BCUT2D eigenvalue weighted by molar-refractivity contribution is 8.01. The highest BCUT2D eigenvalue weighted by atomic mass is 35.5. The maximum Gasteiger partial charge on any atom is 0.327 e. The zero-order valence-corrected chi connectivity index (χ0v) is 17.1. The third kappa shape index (κ3) is 3.51. The van der Waals surface area contributed by atoms with Crippen LogP contribution >= 0.6 is 24.2 Å². The molecule has 2 N–H and O–H groups in total. The summed E-state index contributed by atoms with van der Waals surface area (Å²) >= 11 is 1.54. The normalized spacial score (nSPS) is 32.6. The molecule has 3 atom stereocenters. The number of amides is 1. The van der Waals surface area contributed by atoms with Gasteiger partial charge in [0.1, 0.15) is 11.4 Å². The minimum Gasteiger partial charge on any atom is -0.480 e. The molecule has 4 heterocycles. The number of nitrogens with one attached hydrogen (secondary N) is 1. The molecular weight excluding hydrogens is 390 g/mol.